The molecule has 1 fully saturated rings. The van der Waals surface area contributed by atoms with Crippen molar-refractivity contribution in [1.82, 2.24) is 0 Å². The number of halogens is 1. The van der Waals surface area contributed by atoms with Gasteiger partial charge in [0.1, 0.15) is 5.60 Å². The van der Waals surface area contributed by atoms with Gasteiger partial charge in [-0.15, -0.1) is 0 Å². The summed E-state index contributed by atoms with van der Waals surface area (Å²) in [7, 11) is 0. The van der Waals surface area contributed by atoms with Gasteiger partial charge in [-0.3, -0.25) is 4.79 Å². The molecule has 1 saturated carbocycles. The van der Waals surface area contributed by atoms with Gasteiger partial charge in [0.25, 0.3) is 0 Å². The molecule has 3 heteroatoms. The van der Waals surface area contributed by atoms with Crippen LogP contribution in [0.15, 0.2) is 28.7 Å². The number of hydrogen-bond acceptors (Lipinski definition) is 2. The van der Waals surface area contributed by atoms with Crippen LogP contribution in [0.3, 0.4) is 0 Å². The topological polar surface area (TPSA) is 26.3 Å². The van der Waals surface area contributed by atoms with Crippen LogP contribution in [-0.4, -0.2) is 18.0 Å². The molecule has 0 saturated heterocycles. The van der Waals surface area contributed by atoms with E-state index in [9.17, 15) is 4.79 Å². The Balaban J connectivity index is 2.12. The first-order chi connectivity index (χ1) is 9.55. The zero-order valence-electron chi connectivity index (χ0n) is 12.3. The van der Waals surface area contributed by atoms with Crippen LogP contribution in [0.2, 0.25) is 0 Å². The average molecular weight is 339 g/mol. The molecular formula is C17H23BrO2. The predicted octanol–water partition coefficient (Wildman–Crippen LogP) is 4.55. The highest BCUT2D eigenvalue weighted by atomic mass is 79.9. The fourth-order valence-corrected chi connectivity index (χ4v) is 3.46. The highest BCUT2D eigenvalue weighted by Crippen LogP contribution is 2.36. The van der Waals surface area contributed by atoms with Gasteiger partial charge in [-0.05, 0) is 49.8 Å². The molecule has 0 heterocycles. The van der Waals surface area contributed by atoms with E-state index in [-0.39, 0.29) is 5.78 Å². The Bertz CT molecular complexity index is 451. The first-order valence-electron chi connectivity index (χ1n) is 7.47. The van der Waals surface area contributed by atoms with E-state index >= 15 is 0 Å². The van der Waals surface area contributed by atoms with E-state index in [1.54, 1.807) is 0 Å². The molecule has 0 amide bonds. The minimum absolute atomic E-state index is 0.244. The van der Waals surface area contributed by atoms with Crippen molar-refractivity contribution in [3.05, 3.63) is 34.3 Å². The number of carbonyl (C=O) groups is 1. The standard InChI is InChI=1S/C17H23BrO2/c1-3-20-17(10-4-5-13(2)12-17)16(19)11-14-6-8-15(18)9-7-14/h6-9,13H,3-5,10-12H2,1-2H3. The maximum absolute atomic E-state index is 12.8. The molecule has 0 radical (unpaired) electrons. The average Bonchev–Trinajstić information content (AvgIpc) is 2.41. The Morgan fingerprint density at radius 1 is 1.40 bits per heavy atom. The van der Waals surface area contributed by atoms with Crippen LogP contribution < -0.4 is 0 Å². The third-order valence-electron chi connectivity index (χ3n) is 4.16. The highest BCUT2D eigenvalue weighted by Gasteiger charge is 2.41. The fourth-order valence-electron chi connectivity index (χ4n) is 3.19. The summed E-state index contributed by atoms with van der Waals surface area (Å²) in [5.41, 5.74) is 0.523. The highest BCUT2D eigenvalue weighted by molar-refractivity contribution is 9.10. The van der Waals surface area contributed by atoms with E-state index in [0.717, 1.165) is 29.3 Å². The molecule has 2 rings (SSSR count). The molecule has 1 aromatic carbocycles. The van der Waals surface area contributed by atoms with E-state index in [1.165, 1.54) is 6.42 Å². The van der Waals surface area contributed by atoms with E-state index in [1.807, 2.05) is 31.2 Å². The van der Waals surface area contributed by atoms with E-state index in [4.69, 9.17) is 4.74 Å². The SMILES string of the molecule is CCOC1(C(=O)Cc2ccc(Br)cc2)CCCC(C)C1. The van der Waals surface area contributed by atoms with Gasteiger partial charge in [0, 0.05) is 17.5 Å². The predicted molar refractivity (Wildman–Crippen MR) is 84.8 cm³/mol. The Kier molecular flexibility index (Phi) is 5.39. The summed E-state index contributed by atoms with van der Waals surface area (Å²) in [6.07, 6.45) is 4.52. The largest absolute Gasteiger partial charge is 0.367 e. The molecule has 2 atom stereocenters. The second-order valence-electron chi connectivity index (χ2n) is 5.86. The smallest absolute Gasteiger partial charge is 0.168 e. The number of benzene rings is 1. The molecule has 1 aliphatic carbocycles. The maximum atomic E-state index is 12.8. The van der Waals surface area contributed by atoms with Crippen molar-refractivity contribution in [3.63, 3.8) is 0 Å². The normalized spacial score (nSPS) is 26.4. The van der Waals surface area contributed by atoms with Crippen LogP contribution in [0.1, 0.15) is 45.1 Å². The van der Waals surface area contributed by atoms with Crippen LogP contribution in [0.25, 0.3) is 0 Å². The number of rotatable bonds is 5. The summed E-state index contributed by atoms with van der Waals surface area (Å²) in [6, 6.07) is 7.99. The molecule has 2 nitrogen and oxygen atoms in total. The molecule has 1 aliphatic rings. The first-order valence-corrected chi connectivity index (χ1v) is 8.27. The minimum Gasteiger partial charge on any atom is -0.367 e. The quantitative estimate of drug-likeness (QED) is 0.787. The summed E-state index contributed by atoms with van der Waals surface area (Å²) in [5.74, 6) is 0.817. The van der Waals surface area contributed by atoms with Gasteiger partial charge >= 0.3 is 0 Å². The lowest BCUT2D eigenvalue weighted by Crippen LogP contribution is -2.46. The van der Waals surface area contributed by atoms with Crippen molar-refractivity contribution in [2.75, 3.05) is 6.61 Å². The van der Waals surface area contributed by atoms with Crippen molar-refractivity contribution >= 4 is 21.7 Å². The molecule has 0 bridgehead atoms. The van der Waals surface area contributed by atoms with Gasteiger partial charge in [0.15, 0.2) is 5.78 Å². The van der Waals surface area contributed by atoms with Crippen LogP contribution in [-0.2, 0) is 16.0 Å². The van der Waals surface area contributed by atoms with Gasteiger partial charge in [0.05, 0.1) is 0 Å². The summed E-state index contributed by atoms with van der Waals surface area (Å²) < 4.78 is 6.98. The first kappa shape index (κ1) is 15.7. The number of hydrogen-bond donors (Lipinski definition) is 0. The Labute approximate surface area is 130 Å². The molecule has 110 valence electrons. The van der Waals surface area contributed by atoms with E-state index in [2.05, 4.69) is 22.9 Å². The molecule has 0 N–H and O–H groups in total. The van der Waals surface area contributed by atoms with Crippen molar-refractivity contribution in [2.45, 2.75) is 51.6 Å². The second-order valence-corrected chi connectivity index (χ2v) is 6.77. The molecule has 0 aliphatic heterocycles. The van der Waals surface area contributed by atoms with Gasteiger partial charge in [-0.2, -0.15) is 0 Å². The zero-order chi connectivity index (χ0) is 14.6. The van der Waals surface area contributed by atoms with E-state index in [0.29, 0.717) is 18.9 Å². The van der Waals surface area contributed by atoms with Crippen LogP contribution in [0.5, 0.6) is 0 Å². The lowest BCUT2D eigenvalue weighted by Gasteiger charge is -2.38. The van der Waals surface area contributed by atoms with Crippen molar-refractivity contribution < 1.29 is 9.53 Å². The molecular weight excluding hydrogens is 316 g/mol. The number of carbonyl (C=O) groups excluding carboxylic acids is 1. The number of ether oxygens (including phenoxy) is 1. The van der Waals surface area contributed by atoms with Gasteiger partial charge in [0.2, 0.25) is 0 Å². The zero-order valence-corrected chi connectivity index (χ0v) is 13.9. The summed E-state index contributed by atoms with van der Waals surface area (Å²) in [6.45, 7) is 4.81. The Morgan fingerprint density at radius 2 is 2.10 bits per heavy atom. The van der Waals surface area contributed by atoms with Crippen LogP contribution in [0.4, 0.5) is 0 Å². The molecule has 0 spiro atoms. The molecule has 1 aromatic rings. The van der Waals surface area contributed by atoms with Gasteiger partial charge < -0.3 is 4.74 Å². The summed E-state index contributed by atoms with van der Waals surface area (Å²) in [4.78, 5) is 12.8. The summed E-state index contributed by atoms with van der Waals surface area (Å²) >= 11 is 3.42. The minimum atomic E-state index is -0.542. The summed E-state index contributed by atoms with van der Waals surface area (Å²) in [5, 5.41) is 0. The van der Waals surface area contributed by atoms with Crippen molar-refractivity contribution in [2.24, 2.45) is 5.92 Å². The monoisotopic (exact) mass is 338 g/mol. The van der Waals surface area contributed by atoms with Crippen molar-refractivity contribution in [3.8, 4) is 0 Å². The Hall–Kier alpha value is -0.670. The maximum Gasteiger partial charge on any atom is 0.168 e. The van der Waals surface area contributed by atoms with Crippen LogP contribution >= 0.6 is 15.9 Å². The third-order valence-corrected chi connectivity index (χ3v) is 4.69. The Morgan fingerprint density at radius 3 is 2.70 bits per heavy atom. The third kappa shape index (κ3) is 3.70. The van der Waals surface area contributed by atoms with Crippen LogP contribution in [0, 0.1) is 5.92 Å². The van der Waals surface area contributed by atoms with E-state index < -0.39 is 5.60 Å². The molecule has 2 unspecified atom stereocenters. The lowest BCUT2D eigenvalue weighted by molar-refractivity contribution is -0.150. The lowest BCUT2D eigenvalue weighted by atomic mass is 9.75. The molecule has 0 aromatic heterocycles. The fraction of sp³-hybridized carbons (Fsp3) is 0.588. The van der Waals surface area contributed by atoms with Gasteiger partial charge in [-0.25, -0.2) is 0 Å². The number of ketones is 1. The number of Topliss-reactive ketones (excluding diaryl/α,β-unsaturated/α-hetero) is 1. The second kappa shape index (κ2) is 6.86. The molecule has 20 heavy (non-hydrogen) atoms. The van der Waals surface area contributed by atoms with Gasteiger partial charge in [-0.1, -0.05) is 41.4 Å². The van der Waals surface area contributed by atoms with Crippen molar-refractivity contribution in [1.29, 1.82) is 0 Å².